The van der Waals surface area contributed by atoms with Gasteiger partial charge in [0, 0.05) is 36.1 Å². The number of hydrogen-bond donors (Lipinski definition) is 3. The fourth-order valence-corrected chi connectivity index (χ4v) is 1.89. The fraction of sp³-hybridized carbons (Fsp3) is 0.308. The lowest BCUT2D eigenvalue weighted by molar-refractivity contribution is -0.384. The summed E-state index contributed by atoms with van der Waals surface area (Å²) in [4.78, 5) is 25.1. The average molecular weight is 276 g/mol. The molecule has 106 valence electrons. The Balaban J connectivity index is 2.11. The van der Waals surface area contributed by atoms with E-state index in [1.165, 1.54) is 12.1 Å². The first-order valence-electron chi connectivity index (χ1n) is 6.38. The molecule has 0 bridgehead atoms. The molecule has 3 N–H and O–H groups in total. The van der Waals surface area contributed by atoms with Crippen LogP contribution >= 0.6 is 0 Å². The Bertz CT molecular complexity index is 636. The summed E-state index contributed by atoms with van der Waals surface area (Å²) in [5.41, 5.74) is 1.11. The van der Waals surface area contributed by atoms with Gasteiger partial charge in [0.25, 0.3) is 11.6 Å². The molecule has 1 amide bonds. The van der Waals surface area contributed by atoms with E-state index in [0.717, 1.165) is 6.54 Å². The molecule has 7 nitrogen and oxygen atoms in total. The minimum Gasteiger partial charge on any atom is -0.351 e. The molecular weight excluding hydrogens is 260 g/mol. The van der Waals surface area contributed by atoms with E-state index in [-0.39, 0.29) is 11.6 Å². The van der Waals surface area contributed by atoms with Crippen LogP contribution in [-0.2, 0) is 0 Å². The van der Waals surface area contributed by atoms with Crippen molar-refractivity contribution < 1.29 is 9.72 Å². The third-order valence-electron chi connectivity index (χ3n) is 2.90. The summed E-state index contributed by atoms with van der Waals surface area (Å²) in [6.45, 7) is 4.08. The number of carbonyl (C=O) groups excluding carboxylic acids is 1. The lowest BCUT2D eigenvalue weighted by Gasteiger charge is -2.03. The Morgan fingerprint density at radius 2 is 2.15 bits per heavy atom. The van der Waals surface area contributed by atoms with Crippen molar-refractivity contribution in [1.82, 2.24) is 15.6 Å². The molecule has 0 saturated carbocycles. The number of nitro benzene ring substituents is 1. The van der Waals surface area contributed by atoms with Crippen LogP contribution in [0.2, 0.25) is 0 Å². The van der Waals surface area contributed by atoms with E-state index < -0.39 is 4.92 Å². The van der Waals surface area contributed by atoms with E-state index in [1.54, 1.807) is 12.1 Å². The van der Waals surface area contributed by atoms with Crippen molar-refractivity contribution >= 4 is 22.5 Å². The number of hydrogen-bond acceptors (Lipinski definition) is 4. The van der Waals surface area contributed by atoms with Gasteiger partial charge >= 0.3 is 0 Å². The number of nitrogens with one attached hydrogen (secondary N) is 3. The average Bonchev–Trinajstić information content (AvgIpc) is 2.86. The van der Waals surface area contributed by atoms with E-state index >= 15 is 0 Å². The molecule has 1 aromatic heterocycles. The topological polar surface area (TPSA) is 100 Å². The van der Waals surface area contributed by atoms with Gasteiger partial charge in [-0.3, -0.25) is 14.9 Å². The van der Waals surface area contributed by atoms with Crippen molar-refractivity contribution in [2.75, 3.05) is 19.6 Å². The number of H-pyrrole nitrogens is 1. The third kappa shape index (κ3) is 3.12. The van der Waals surface area contributed by atoms with Crippen molar-refractivity contribution in [3.63, 3.8) is 0 Å². The zero-order valence-electron chi connectivity index (χ0n) is 11.1. The van der Waals surface area contributed by atoms with Gasteiger partial charge in [-0.2, -0.15) is 0 Å². The number of amides is 1. The number of aromatic amines is 1. The molecule has 0 aliphatic carbocycles. The molecule has 1 aromatic carbocycles. The van der Waals surface area contributed by atoms with Gasteiger partial charge in [-0.15, -0.1) is 0 Å². The second-order valence-electron chi connectivity index (χ2n) is 4.32. The zero-order valence-corrected chi connectivity index (χ0v) is 11.1. The normalized spacial score (nSPS) is 10.7. The van der Waals surface area contributed by atoms with E-state index in [0.29, 0.717) is 29.7 Å². The van der Waals surface area contributed by atoms with E-state index in [1.807, 2.05) is 6.92 Å². The molecule has 0 saturated heterocycles. The second kappa shape index (κ2) is 6.16. The van der Waals surface area contributed by atoms with Gasteiger partial charge in [-0.1, -0.05) is 6.92 Å². The molecule has 0 radical (unpaired) electrons. The molecular formula is C13H16N4O3. The Kier molecular flexibility index (Phi) is 4.31. The monoisotopic (exact) mass is 276 g/mol. The van der Waals surface area contributed by atoms with Crippen LogP contribution < -0.4 is 10.6 Å². The van der Waals surface area contributed by atoms with Gasteiger partial charge in [0.1, 0.15) is 5.69 Å². The number of carbonyl (C=O) groups is 1. The van der Waals surface area contributed by atoms with E-state index in [4.69, 9.17) is 0 Å². The van der Waals surface area contributed by atoms with Gasteiger partial charge in [-0.25, -0.2) is 0 Å². The first-order valence-corrected chi connectivity index (χ1v) is 6.38. The van der Waals surface area contributed by atoms with Crippen LogP contribution in [0.25, 0.3) is 10.9 Å². The lowest BCUT2D eigenvalue weighted by atomic mass is 10.2. The molecule has 0 spiro atoms. The summed E-state index contributed by atoms with van der Waals surface area (Å²) in [6, 6.07) is 6.07. The van der Waals surface area contributed by atoms with Crippen LogP contribution in [0.5, 0.6) is 0 Å². The predicted octanol–water partition coefficient (Wildman–Crippen LogP) is 1.42. The van der Waals surface area contributed by atoms with Crippen LogP contribution in [-0.4, -0.2) is 35.4 Å². The van der Waals surface area contributed by atoms with Crippen LogP contribution in [0.4, 0.5) is 5.69 Å². The van der Waals surface area contributed by atoms with Gasteiger partial charge in [0.05, 0.1) is 4.92 Å². The van der Waals surface area contributed by atoms with Crippen molar-refractivity contribution in [3.05, 3.63) is 40.1 Å². The second-order valence-corrected chi connectivity index (χ2v) is 4.32. The molecule has 0 aliphatic heterocycles. The van der Waals surface area contributed by atoms with Crippen LogP contribution in [0.15, 0.2) is 24.3 Å². The van der Waals surface area contributed by atoms with Crippen molar-refractivity contribution in [2.24, 2.45) is 0 Å². The Morgan fingerprint density at radius 3 is 2.85 bits per heavy atom. The summed E-state index contributed by atoms with van der Waals surface area (Å²) < 4.78 is 0. The standard InChI is InChI=1S/C13H16N4O3/c1-2-14-5-6-15-13(18)12-8-9-7-10(17(19)20)3-4-11(9)16-12/h3-4,7-8,14,16H,2,5-6H2,1H3,(H,15,18). The van der Waals surface area contributed by atoms with Gasteiger partial charge in [-0.05, 0) is 18.7 Å². The van der Waals surface area contributed by atoms with Crippen LogP contribution in [0.1, 0.15) is 17.4 Å². The largest absolute Gasteiger partial charge is 0.351 e. The van der Waals surface area contributed by atoms with Crippen molar-refractivity contribution in [3.8, 4) is 0 Å². The fourth-order valence-electron chi connectivity index (χ4n) is 1.89. The summed E-state index contributed by atoms with van der Waals surface area (Å²) in [6.07, 6.45) is 0. The summed E-state index contributed by atoms with van der Waals surface area (Å²) >= 11 is 0. The number of aromatic nitrogens is 1. The number of rotatable bonds is 6. The molecule has 0 fully saturated rings. The SMILES string of the molecule is CCNCCNC(=O)c1cc2cc([N+](=O)[O-])ccc2[nH]1. The molecule has 20 heavy (non-hydrogen) atoms. The molecule has 0 unspecified atom stereocenters. The predicted molar refractivity (Wildman–Crippen MR) is 75.8 cm³/mol. The molecule has 7 heteroatoms. The number of benzene rings is 1. The van der Waals surface area contributed by atoms with Crippen LogP contribution in [0.3, 0.4) is 0 Å². The van der Waals surface area contributed by atoms with Crippen molar-refractivity contribution in [1.29, 1.82) is 0 Å². The first kappa shape index (κ1) is 14.0. The van der Waals surface area contributed by atoms with E-state index in [2.05, 4.69) is 15.6 Å². The van der Waals surface area contributed by atoms with Gasteiger partial charge < -0.3 is 15.6 Å². The summed E-state index contributed by atoms with van der Waals surface area (Å²) in [5, 5.41) is 17.2. The van der Waals surface area contributed by atoms with Crippen LogP contribution in [0, 0.1) is 10.1 Å². The molecule has 1 heterocycles. The first-order chi connectivity index (χ1) is 9.61. The van der Waals surface area contributed by atoms with Gasteiger partial charge in [0.2, 0.25) is 0 Å². The number of fused-ring (bicyclic) bond motifs is 1. The maximum Gasteiger partial charge on any atom is 0.270 e. The highest BCUT2D eigenvalue weighted by Crippen LogP contribution is 2.21. The van der Waals surface area contributed by atoms with Gasteiger partial charge in [0.15, 0.2) is 0 Å². The minimum absolute atomic E-state index is 0.00982. The summed E-state index contributed by atoms with van der Waals surface area (Å²) in [7, 11) is 0. The molecule has 2 aromatic rings. The smallest absolute Gasteiger partial charge is 0.270 e. The molecule has 2 rings (SSSR count). The number of nitro groups is 1. The Morgan fingerprint density at radius 1 is 1.35 bits per heavy atom. The van der Waals surface area contributed by atoms with E-state index in [9.17, 15) is 14.9 Å². The minimum atomic E-state index is -0.456. The highest BCUT2D eigenvalue weighted by molar-refractivity contribution is 5.98. The maximum atomic E-state index is 11.9. The van der Waals surface area contributed by atoms with Crippen molar-refractivity contribution in [2.45, 2.75) is 6.92 Å². The summed E-state index contributed by atoms with van der Waals surface area (Å²) in [5.74, 6) is -0.221. The lowest BCUT2D eigenvalue weighted by Crippen LogP contribution is -2.31. The number of nitrogens with zero attached hydrogens (tertiary/aromatic N) is 1. The molecule has 0 atom stereocenters. The highest BCUT2D eigenvalue weighted by atomic mass is 16.6. The third-order valence-corrected chi connectivity index (χ3v) is 2.90. The highest BCUT2D eigenvalue weighted by Gasteiger charge is 2.12. The number of non-ortho nitro benzene ring substituents is 1. The number of likely N-dealkylation sites (N-methyl/N-ethyl adjacent to an activating group) is 1. The Hall–Kier alpha value is -2.41. The quantitative estimate of drug-likeness (QED) is 0.422. The molecule has 0 aliphatic rings. The maximum absolute atomic E-state index is 11.9. The zero-order chi connectivity index (χ0) is 14.5. The Labute approximate surface area is 115 Å².